The van der Waals surface area contributed by atoms with E-state index in [9.17, 15) is 19.8 Å². The lowest BCUT2D eigenvalue weighted by atomic mass is 9.97. The normalized spacial score (nSPS) is 19.1. The van der Waals surface area contributed by atoms with Gasteiger partial charge in [0.25, 0.3) is 0 Å². The maximum absolute atomic E-state index is 12.8. The summed E-state index contributed by atoms with van der Waals surface area (Å²) in [5, 5.41) is 21.0. The summed E-state index contributed by atoms with van der Waals surface area (Å²) in [6.07, 6.45) is -0.623. The van der Waals surface area contributed by atoms with Crippen LogP contribution in [0.4, 0.5) is 0 Å². The standard InChI is InChI=1S/C20H23BrClNO7/c21-30-19(20(27)28-12-6-2-1-3-7-12)18(17(26)15(25)11-24)29-16-10-23(22)14-9-5-4-8-13(14)16/h4-5,8-12,15,17-19,25-26H,1-3,6-7H2/t15-,17+,18-,19-/m0/s1. The minimum absolute atomic E-state index is 0.156. The Bertz CT molecular complexity index is 870. The fourth-order valence-corrected chi connectivity index (χ4v) is 4.17. The van der Waals surface area contributed by atoms with Gasteiger partial charge in [-0.3, -0.25) is 7.91 Å². The molecule has 3 rings (SSSR count). The fourth-order valence-electron chi connectivity index (χ4n) is 3.57. The molecule has 1 saturated carbocycles. The van der Waals surface area contributed by atoms with Crippen molar-refractivity contribution < 1.29 is 33.1 Å². The van der Waals surface area contributed by atoms with Gasteiger partial charge in [-0.1, -0.05) is 18.6 Å². The molecule has 164 valence electrons. The number of halogens is 2. The Morgan fingerprint density at radius 2 is 1.93 bits per heavy atom. The summed E-state index contributed by atoms with van der Waals surface area (Å²) in [6.45, 7) is 0. The van der Waals surface area contributed by atoms with Crippen LogP contribution < -0.4 is 4.74 Å². The zero-order valence-electron chi connectivity index (χ0n) is 16.0. The minimum Gasteiger partial charge on any atom is -0.482 e. The van der Waals surface area contributed by atoms with Crippen molar-refractivity contribution in [2.24, 2.45) is 0 Å². The minimum atomic E-state index is -1.80. The molecule has 30 heavy (non-hydrogen) atoms. The Labute approximate surface area is 187 Å². The summed E-state index contributed by atoms with van der Waals surface area (Å²) in [4.78, 5) is 23.8. The number of ether oxygens (including phenoxy) is 2. The summed E-state index contributed by atoms with van der Waals surface area (Å²) in [6, 6.07) is 7.07. The maximum Gasteiger partial charge on any atom is 0.340 e. The van der Waals surface area contributed by atoms with Gasteiger partial charge in [0.1, 0.15) is 24.1 Å². The van der Waals surface area contributed by atoms with Gasteiger partial charge in [0, 0.05) is 17.2 Å². The first-order valence-corrected chi connectivity index (χ1v) is 10.7. The number of aromatic nitrogens is 1. The SMILES string of the molecule is O=C[C@H](O)[C@@H](O)[C@H](Oc1cn(Cl)c2ccccc12)[C@H](OBr)C(=O)OC1CCCCC1. The van der Waals surface area contributed by atoms with E-state index in [1.165, 1.54) is 10.3 Å². The third-order valence-electron chi connectivity index (χ3n) is 5.18. The van der Waals surface area contributed by atoms with Gasteiger partial charge in [-0.2, -0.15) is 0 Å². The van der Waals surface area contributed by atoms with E-state index in [1.807, 2.05) is 0 Å². The summed E-state index contributed by atoms with van der Waals surface area (Å²) in [7, 11) is 0. The van der Waals surface area contributed by atoms with Gasteiger partial charge in [0.15, 0.2) is 12.4 Å². The highest BCUT2D eigenvalue weighted by Crippen LogP contribution is 2.31. The number of esters is 1. The predicted molar refractivity (Wildman–Crippen MR) is 112 cm³/mol. The number of aldehydes is 1. The van der Waals surface area contributed by atoms with Crippen molar-refractivity contribution in [2.45, 2.75) is 62.6 Å². The zero-order valence-corrected chi connectivity index (χ0v) is 18.4. The van der Waals surface area contributed by atoms with Crippen LogP contribution in [0.5, 0.6) is 5.75 Å². The van der Waals surface area contributed by atoms with Crippen LogP contribution in [0.1, 0.15) is 32.1 Å². The van der Waals surface area contributed by atoms with Gasteiger partial charge in [-0.25, -0.2) is 4.79 Å². The molecule has 1 aromatic heterocycles. The van der Waals surface area contributed by atoms with Crippen LogP contribution in [0.2, 0.25) is 0 Å². The molecule has 2 aromatic rings. The van der Waals surface area contributed by atoms with E-state index in [0.29, 0.717) is 10.9 Å². The molecule has 0 radical (unpaired) electrons. The Hall–Kier alpha value is -1.65. The van der Waals surface area contributed by atoms with Crippen LogP contribution in [-0.2, 0) is 18.2 Å². The van der Waals surface area contributed by atoms with E-state index >= 15 is 0 Å². The molecule has 0 saturated heterocycles. The van der Waals surface area contributed by atoms with Crippen molar-refractivity contribution in [3.63, 3.8) is 0 Å². The number of aliphatic hydroxyl groups is 2. The van der Waals surface area contributed by atoms with Crippen molar-refractivity contribution >= 4 is 51.2 Å². The zero-order chi connectivity index (χ0) is 21.7. The number of para-hydroxylation sites is 1. The van der Waals surface area contributed by atoms with Gasteiger partial charge >= 0.3 is 5.97 Å². The van der Waals surface area contributed by atoms with E-state index in [4.69, 9.17) is 25.1 Å². The van der Waals surface area contributed by atoms with E-state index in [-0.39, 0.29) is 18.1 Å². The Balaban J connectivity index is 1.88. The molecular formula is C20H23BrClNO7. The van der Waals surface area contributed by atoms with Crippen molar-refractivity contribution in [3.8, 4) is 5.75 Å². The van der Waals surface area contributed by atoms with Crippen molar-refractivity contribution in [1.29, 1.82) is 0 Å². The molecule has 0 unspecified atom stereocenters. The quantitative estimate of drug-likeness (QED) is 0.399. The van der Waals surface area contributed by atoms with Gasteiger partial charge in [0.05, 0.1) is 28.0 Å². The Kier molecular flexibility index (Phi) is 8.13. The molecule has 1 heterocycles. The number of aliphatic hydroxyl groups excluding tert-OH is 2. The molecule has 0 bridgehead atoms. The second-order valence-electron chi connectivity index (χ2n) is 7.23. The highest BCUT2D eigenvalue weighted by molar-refractivity contribution is 9.06. The van der Waals surface area contributed by atoms with E-state index in [1.54, 1.807) is 24.3 Å². The lowest BCUT2D eigenvalue weighted by Crippen LogP contribution is -2.52. The second-order valence-corrected chi connectivity index (χ2v) is 7.97. The smallest absolute Gasteiger partial charge is 0.340 e. The number of rotatable bonds is 9. The van der Waals surface area contributed by atoms with E-state index in [0.717, 1.165) is 32.1 Å². The predicted octanol–water partition coefficient (Wildman–Crippen LogP) is 2.88. The summed E-state index contributed by atoms with van der Waals surface area (Å²) in [5.41, 5.74) is 0.638. The third kappa shape index (κ3) is 5.15. The molecule has 10 heteroatoms. The molecule has 4 atom stereocenters. The number of hydrogen-bond donors (Lipinski definition) is 2. The van der Waals surface area contributed by atoms with Crippen molar-refractivity contribution in [3.05, 3.63) is 30.5 Å². The number of benzene rings is 1. The first kappa shape index (κ1) is 23.0. The molecule has 2 N–H and O–H groups in total. The Morgan fingerprint density at radius 3 is 2.60 bits per heavy atom. The average molecular weight is 505 g/mol. The molecule has 8 nitrogen and oxygen atoms in total. The third-order valence-corrected chi connectivity index (χ3v) is 5.86. The highest BCUT2D eigenvalue weighted by atomic mass is 79.9. The molecule has 0 amide bonds. The highest BCUT2D eigenvalue weighted by Gasteiger charge is 2.42. The molecule has 1 fully saturated rings. The Morgan fingerprint density at radius 1 is 1.23 bits per heavy atom. The first-order valence-electron chi connectivity index (χ1n) is 9.68. The molecule has 1 aromatic carbocycles. The largest absolute Gasteiger partial charge is 0.482 e. The fraction of sp³-hybridized carbons (Fsp3) is 0.500. The lowest BCUT2D eigenvalue weighted by Gasteiger charge is -2.31. The van der Waals surface area contributed by atoms with Crippen LogP contribution in [0.15, 0.2) is 30.5 Å². The lowest BCUT2D eigenvalue weighted by molar-refractivity contribution is -0.168. The number of hydrogen-bond acceptors (Lipinski definition) is 7. The molecule has 1 aliphatic rings. The van der Waals surface area contributed by atoms with E-state index in [2.05, 4.69) is 16.3 Å². The molecule has 0 aliphatic heterocycles. The summed E-state index contributed by atoms with van der Waals surface area (Å²) >= 11 is 8.97. The average Bonchev–Trinajstić information content (AvgIpc) is 3.08. The summed E-state index contributed by atoms with van der Waals surface area (Å²) in [5.74, 6) is -0.529. The summed E-state index contributed by atoms with van der Waals surface area (Å²) < 4.78 is 17.8. The van der Waals surface area contributed by atoms with E-state index < -0.39 is 30.4 Å². The van der Waals surface area contributed by atoms with Crippen LogP contribution >= 0.6 is 28.0 Å². The van der Waals surface area contributed by atoms with Crippen LogP contribution in [0, 0.1) is 0 Å². The van der Waals surface area contributed by atoms with Crippen LogP contribution in [-0.4, -0.2) is 57.1 Å². The topological polar surface area (TPSA) is 107 Å². The number of fused-ring (bicyclic) bond motifs is 1. The monoisotopic (exact) mass is 503 g/mol. The number of nitrogens with zero attached hydrogens (tertiary/aromatic N) is 1. The molecule has 1 aliphatic carbocycles. The maximum atomic E-state index is 12.8. The number of carbonyl (C=O) groups is 2. The van der Waals surface area contributed by atoms with Gasteiger partial charge in [-0.05, 0) is 37.8 Å². The first-order chi connectivity index (χ1) is 14.5. The molecular weight excluding hydrogens is 482 g/mol. The van der Waals surface area contributed by atoms with Gasteiger partial charge in [-0.15, -0.1) is 0 Å². The van der Waals surface area contributed by atoms with Crippen molar-refractivity contribution in [1.82, 2.24) is 4.09 Å². The second kappa shape index (κ2) is 10.6. The van der Waals surface area contributed by atoms with Crippen molar-refractivity contribution in [2.75, 3.05) is 0 Å². The van der Waals surface area contributed by atoms with Crippen LogP contribution in [0.3, 0.4) is 0 Å². The van der Waals surface area contributed by atoms with Gasteiger partial charge < -0.3 is 24.5 Å². The number of carbonyl (C=O) groups excluding carboxylic acids is 2. The van der Waals surface area contributed by atoms with Crippen LogP contribution in [0.25, 0.3) is 10.9 Å². The van der Waals surface area contributed by atoms with Gasteiger partial charge in [0.2, 0.25) is 6.10 Å². The molecule has 0 spiro atoms.